The van der Waals surface area contributed by atoms with Crippen molar-refractivity contribution in [2.24, 2.45) is 0 Å². The fourth-order valence-electron chi connectivity index (χ4n) is 2.73. The number of anilines is 1. The van der Waals surface area contributed by atoms with E-state index < -0.39 is 0 Å². The lowest BCUT2D eigenvalue weighted by Crippen LogP contribution is -2.41. The highest BCUT2D eigenvalue weighted by Gasteiger charge is 2.23. The van der Waals surface area contributed by atoms with Crippen molar-refractivity contribution in [1.29, 1.82) is 0 Å². The first-order valence-electron chi connectivity index (χ1n) is 7.76. The molecule has 1 atom stereocenters. The monoisotopic (exact) mass is 334 g/mol. The second-order valence-corrected chi connectivity index (χ2v) is 6.22. The number of hydrogen-bond donors (Lipinski definition) is 1. The van der Waals surface area contributed by atoms with Gasteiger partial charge < -0.3 is 14.8 Å². The van der Waals surface area contributed by atoms with Gasteiger partial charge in [0.1, 0.15) is 11.6 Å². The zero-order chi connectivity index (χ0) is 16.1. The Hall–Kier alpha value is -1.70. The molecule has 1 saturated heterocycles. The lowest BCUT2D eigenvalue weighted by molar-refractivity contribution is 0.0187. The molecule has 0 aliphatic carbocycles. The van der Waals surface area contributed by atoms with Crippen LogP contribution in [0.2, 0.25) is 0 Å². The second-order valence-electron chi connectivity index (χ2n) is 5.46. The Morgan fingerprint density at radius 1 is 1.30 bits per heavy atom. The molecule has 1 aliphatic heterocycles. The first kappa shape index (κ1) is 16.2. The Morgan fingerprint density at radius 2 is 2.04 bits per heavy atom. The van der Waals surface area contributed by atoms with E-state index in [0.717, 1.165) is 49.6 Å². The number of morpholine rings is 1. The predicted octanol–water partition coefficient (Wildman–Crippen LogP) is 2.34. The van der Waals surface area contributed by atoms with Gasteiger partial charge in [-0.05, 0) is 24.6 Å². The first-order chi connectivity index (χ1) is 11.3. The van der Waals surface area contributed by atoms with Gasteiger partial charge in [0.15, 0.2) is 0 Å². The normalized spacial score (nSPS) is 17.0. The third-order valence-corrected chi connectivity index (χ3v) is 4.73. The summed E-state index contributed by atoms with van der Waals surface area (Å²) < 4.78 is 15.0. The van der Waals surface area contributed by atoms with Crippen molar-refractivity contribution < 1.29 is 9.47 Å². The van der Waals surface area contributed by atoms with Gasteiger partial charge in [-0.25, -0.2) is 4.98 Å². The molecule has 2 aromatic rings. The van der Waals surface area contributed by atoms with Crippen LogP contribution in [0.3, 0.4) is 0 Å². The van der Waals surface area contributed by atoms with Gasteiger partial charge in [0.2, 0.25) is 5.13 Å². The summed E-state index contributed by atoms with van der Waals surface area (Å²) in [6, 6.07) is 8.56. The molecule has 2 heterocycles. The molecule has 0 amide bonds. The molecule has 0 radical (unpaired) electrons. The lowest BCUT2D eigenvalue weighted by Gasteiger charge is -2.34. The molecule has 0 bridgehead atoms. The van der Waals surface area contributed by atoms with E-state index >= 15 is 0 Å². The molecular weight excluding hydrogens is 312 g/mol. The van der Waals surface area contributed by atoms with E-state index in [0.29, 0.717) is 0 Å². The molecule has 0 spiro atoms. The molecular formula is C16H22N4O2S. The van der Waals surface area contributed by atoms with E-state index in [1.54, 1.807) is 7.11 Å². The summed E-state index contributed by atoms with van der Waals surface area (Å²) in [5.74, 6) is 1.69. The highest BCUT2D eigenvalue weighted by atomic mass is 32.1. The third-order valence-electron chi connectivity index (χ3n) is 3.96. The molecule has 1 aliphatic rings. The Bertz CT molecular complexity index is 611. The van der Waals surface area contributed by atoms with Crippen LogP contribution in [0.25, 0.3) is 0 Å². The van der Waals surface area contributed by atoms with Crippen molar-refractivity contribution in [2.75, 3.05) is 45.3 Å². The van der Waals surface area contributed by atoms with Crippen molar-refractivity contribution in [1.82, 2.24) is 14.3 Å². The summed E-state index contributed by atoms with van der Waals surface area (Å²) in [5.41, 5.74) is 1.27. The number of nitrogens with zero attached hydrogens (tertiary/aromatic N) is 3. The summed E-state index contributed by atoms with van der Waals surface area (Å²) in [4.78, 5) is 6.83. The minimum atomic E-state index is 0.272. The molecule has 23 heavy (non-hydrogen) atoms. The van der Waals surface area contributed by atoms with Crippen LogP contribution >= 0.6 is 11.5 Å². The average Bonchev–Trinajstić information content (AvgIpc) is 3.02. The Kier molecular flexibility index (Phi) is 5.43. The number of rotatable bonds is 6. The van der Waals surface area contributed by atoms with Crippen LogP contribution in [0.1, 0.15) is 17.4 Å². The summed E-state index contributed by atoms with van der Waals surface area (Å²) in [5, 5.41) is 4.29. The summed E-state index contributed by atoms with van der Waals surface area (Å²) in [7, 11) is 1.69. The van der Waals surface area contributed by atoms with Gasteiger partial charge >= 0.3 is 0 Å². The van der Waals surface area contributed by atoms with Gasteiger partial charge in [-0.3, -0.25) is 4.90 Å². The van der Waals surface area contributed by atoms with E-state index in [9.17, 15) is 0 Å². The van der Waals surface area contributed by atoms with Crippen LogP contribution in [0, 0.1) is 6.92 Å². The van der Waals surface area contributed by atoms with Gasteiger partial charge in [0, 0.05) is 31.2 Å². The molecule has 124 valence electrons. The topological polar surface area (TPSA) is 59.5 Å². The summed E-state index contributed by atoms with van der Waals surface area (Å²) >= 11 is 1.40. The van der Waals surface area contributed by atoms with Gasteiger partial charge in [-0.2, -0.15) is 4.37 Å². The van der Waals surface area contributed by atoms with Crippen molar-refractivity contribution in [3.8, 4) is 5.75 Å². The highest BCUT2D eigenvalue weighted by molar-refractivity contribution is 7.09. The van der Waals surface area contributed by atoms with E-state index in [1.165, 1.54) is 17.1 Å². The summed E-state index contributed by atoms with van der Waals surface area (Å²) in [6.07, 6.45) is 0. The molecule has 1 fully saturated rings. The Morgan fingerprint density at radius 3 is 2.65 bits per heavy atom. The minimum Gasteiger partial charge on any atom is -0.497 e. The van der Waals surface area contributed by atoms with Gasteiger partial charge in [0.25, 0.3) is 0 Å². The quantitative estimate of drug-likeness (QED) is 0.875. The zero-order valence-corrected chi connectivity index (χ0v) is 14.3. The number of hydrogen-bond acceptors (Lipinski definition) is 7. The highest BCUT2D eigenvalue weighted by Crippen LogP contribution is 2.25. The zero-order valence-electron chi connectivity index (χ0n) is 13.5. The van der Waals surface area contributed by atoms with Crippen LogP contribution in [0.5, 0.6) is 5.75 Å². The summed E-state index contributed by atoms with van der Waals surface area (Å²) in [6.45, 7) is 6.14. The van der Waals surface area contributed by atoms with Crippen molar-refractivity contribution in [3.63, 3.8) is 0 Å². The number of methoxy groups -OCH3 is 1. The van der Waals surface area contributed by atoms with Crippen molar-refractivity contribution >= 4 is 16.7 Å². The molecule has 0 saturated carbocycles. The standard InChI is InChI=1S/C16H22N4O2S/c1-12-18-16(23-19-12)17-11-15(20-7-9-22-10-8-20)13-3-5-14(21-2)6-4-13/h3-6,15H,7-11H2,1-2H3,(H,17,18,19)/t15-/m0/s1. The maximum Gasteiger partial charge on any atom is 0.202 e. The smallest absolute Gasteiger partial charge is 0.202 e. The molecule has 3 rings (SSSR count). The van der Waals surface area contributed by atoms with Crippen LogP contribution in [-0.2, 0) is 4.74 Å². The number of benzene rings is 1. The van der Waals surface area contributed by atoms with Gasteiger partial charge in [-0.15, -0.1) is 0 Å². The largest absolute Gasteiger partial charge is 0.497 e. The molecule has 1 aromatic carbocycles. The first-order valence-corrected chi connectivity index (χ1v) is 8.53. The molecule has 6 nitrogen and oxygen atoms in total. The lowest BCUT2D eigenvalue weighted by atomic mass is 10.0. The molecule has 1 aromatic heterocycles. The Labute approximate surface area is 140 Å². The van der Waals surface area contributed by atoms with E-state index in [2.05, 4.69) is 31.7 Å². The maximum atomic E-state index is 5.49. The van der Waals surface area contributed by atoms with Gasteiger partial charge in [-0.1, -0.05) is 12.1 Å². The number of nitrogens with one attached hydrogen (secondary N) is 1. The van der Waals surface area contributed by atoms with E-state index in [1.807, 2.05) is 19.1 Å². The van der Waals surface area contributed by atoms with Gasteiger partial charge in [0.05, 0.1) is 26.4 Å². The average molecular weight is 334 g/mol. The molecule has 7 heteroatoms. The van der Waals surface area contributed by atoms with Crippen LogP contribution < -0.4 is 10.1 Å². The molecule has 1 N–H and O–H groups in total. The van der Waals surface area contributed by atoms with Crippen LogP contribution in [0.4, 0.5) is 5.13 Å². The molecule has 0 unspecified atom stereocenters. The third kappa shape index (κ3) is 4.19. The Balaban J connectivity index is 1.74. The minimum absolute atomic E-state index is 0.272. The van der Waals surface area contributed by atoms with E-state index in [4.69, 9.17) is 9.47 Å². The fraction of sp³-hybridized carbons (Fsp3) is 0.500. The second kappa shape index (κ2) is 7.72. The number of aromatic nitrogens is 2. The SMILES string of the molecule is COc1ccc([C@H](CNc2nc(C)ns2)N2CCOCC2)cc1. The maximum absolute atomic E-state index is 5.49. The van der Waals surface area contributed by atoms with Crippen molar-refractivity contribution in [2.45, 2.75) is 13.0 Å². The van der Waals surface area contributed by atoms with Crippen LogP contribution in [-0.4, -0.2) is 54.2 Å². The number of aryl methyl sites for hydroxylation is 1. The van der Waals surface area contributed by atoms with E-state index in [-0.39, 0.29) is 6.04 Å². The fourth-order valence-corrected chi connectivity index (χ4v) is 3.31. The predicted molar refractivity (Wildman–Crippen MR) is 91.3 cm³/mol. The van der Waals surface area contributed by atoms with Crippen LogP contribution in [0.15, 0.2) is 24.3 Å². The number of ether oxygens (including phenoxy) is 2. The van der Waals surface area contributed by atoms with Crippen molar-refractivity contribution in [3.05, 3.63) is 35.7 Å².